The van der Waals surface area contributed by atoms with Gasteiger partial charge in [-0.2, -0.15) is 0 Å². The van der Waals surface area contributed by atoms with Crippen LogP contribution in [-0.4, -0.2) is 46.7 Å². The lowest BCUT2D eigenvalue weighted by molar-refractivity contribution is -0.309. The van der Waals surface area contributed by atoms with E-state index in [-0.39, 0.29) is 54.9 Å². The van der Waals surface area contributed by atoms with Crippen LogP contribution in [0.15, 0.2) is 46.3 Å². The van der Waals surface area contributed by atoms with Crippen LogP contribution in [-0.2, 0) is 38.4 Å². The summed E-state index contributed by atoms with van der Waals surface area (Å²) in [5, 5.41) is 32.9. The Morgan fingerprint density at radius 3 is 2.42 bits per heavy atom. The molecule has 6 atom stereocenters. The molecule has 1 aromatic rings. The van der Waals surface area contributed by atoms with Crippen LogP contribution in [0.25, 0.3) is 0 Å². The van der Waals surface area contributed by atoms with E-state index in [0.29, 0.717) is 24.1 Å². The Morgan fingerprint density at radius 1 is 1.07 bits per heavy atom. The molecule has 5 rings (SSSR count). The molecule has 10 heteroatoms. The Morgan fingerprint density at radius 2 is 1.79 bits per heavy atom. The van der Waals surface area contributed by atoms with Crippen LogP contribution in [0.5, 0.6) is 0 Å². The summed E-state index contributed by atoms with van der Waals surface area (Å²) >= 11 is 0. The number of amides is 1. The molecule has 1 aliphatic carbocycles. The van der Waals surface area contributed by atoms with E-state index in [2.05, 4.69) is 41.4 Å². The van der Waals surface area contributed by atoms with Gasteiger partial charge in [-0.05, 0) is 73.8 Å². The predicted molar refractivity (Wildman–Crippen MR) is 156 cm³/mol. The fraction of sp³-hybridized carbons (Fsp3) is 0.515. The van der Waals surface area contributed by atoms with Gasteiger partial charge in [0, 0.05) is 59.5 Å². The second-order valence-electron chi connectivity index (χ2n) is 12.4. The number of rotatable bonds is 10. The lowest BCUT2D eigenvalue weighted by Gasteiger charge is -2.22. The number of aromatic nitrogens is 1. The molecule has 10 nitrogen and oxygen atoms in total. The predicted octanol–water partition coefficient (Wildman–Crippen LogP) is 0.564. The van der Waals surface area contributed by atoms with Crippen molar-refractivity contribution < 1.29 is 29.4 Å². The quantitative estimate of drug-likeness (QED) is 0.308. The lowest BCUT2D eigenvalue weighted by atomic mass is 9.85. The first-order valence-corrected chi connectivity index (χ1v) is 15.1. The number of H-pyrrole nitrogens is 1. The van der Waals surface area contributed by atoms with Crippen molar-refractivity contribution in [2.45, 2.75) is 91.3 Å². The summed E-state index contributed by atoms with van der Waals surface area (Å²) in [6.07, 6.45) is 3.95. The molecule has 4 N–H and O–H groups in total. The molecule has 4 aliphatic rings. The molecular formula is C33H40N4O6-2. The number of aromatic amines is 1. The molecule has 1 saturated carbocycles. The summed E-state index contributed by atoms with van der Waals surface area (Å²) < 4.78 is 0. The Labute approximate surface area is 251 Å². The molecule has 1 amide bonds. The summed E-state index contributed by atoms with van der Waals surface area (Å²) in [5.41, 5.74) is 9.44. The van der Waals surface area contributed by atoms with E-state index < -0.39 is 23.9 Å². The van der Waals surface area contributed by atoms with Crippen molar-refractivity contribution >= 4 is 23.6 Å². The van der Waals surface area contributed by atoms with E-state index in [0.717, 1.165) is 45.8 Å². The second-order valence-corrected chi connectivity index (χ2v) is 12.4. The second kappa shape index (κ2) is 11.5. The average molecular weight is 589 g/mol. The maximum Gasteiger partial charge on any atom is 0.247 e. The summed E-state index contributed by atoms with van der Waals surface area (Å²) in [5.74, 6) is -3.57. The monoisotopic (exact) mass is 588 g/mol. The lowest BCUT2D eigenvalue weighted by Crippen LogP contribution is -2.44. The zero-order chi connectivity index (χ0) is 31.3. The zero-order valence-electron chi connectivity index (χ0n) is 25.4. The first-order valence-electron chi connectivity index (χ1n) is 15.1. The van der Waals surface area contributed by atoms with E-state index in [4.69, 9.17) is 0 Å². The maximum atomic E-state index is 13.4. The van der Waals surface area contributed by atoms with Gasteiger partial charge >= 0.3 is 0 Å². The highest BCUT2D eigenvalue weighted by atomic mass is 16.4. The van der Waals surface area contributed by atoms with Crippen molar-refractivity contribution in [3.05, 3.63) is 68.9 Å². The normalized spacial score (nSPS) is 30.1. The number of Topliss-reactive ketones (excluding diaryl/α,β-unsaturated/α-hetero) is 1. The fourth-order valence-corrected chi connectivity index (χ4v) is 7.75. The third-order valence-corrected chi connectivity index (χ3v) is 10.2. The highest BCUT2D eigenvalue weighted by Crippen LogP contribution is 2.45. The number of fused-ring (bicyclic) bond motifs is 1. The molecule has 1 saturated heterocycles. The Kier molecular flexibility index (Phi) is 8.15. The van der Waals surface area contributed by atoms with Gasteiger partial charge in [0.1, 0.15) is 5.78 Å². The minimum absolute atomic E-state index is 0.0626. The van der Waals surface area contributed by atoms with Gasteiger partial charge in [-0.15, -0.1) is 0 Å². The van der Waals surface area contributed by atoms with Gasteiger partial charge < -0.3 is 40.7 Å². The molecule has 0 bridgehead atoms. The molecule has 0 aromatic carbocycles. The van der Waals surface area contributed by atoms with Crippen molar-refractivity contribution in [2.24, 2.45) is 17.8 Å². The number of carbonyl (C=O) groups excluding carboxylic acids is 4. The molecule has 3 aliphatic heterocycles. The SMILES string of the molecule is C=CC1=C(C)C(=O)NC1Cc1[nH]c(CC2=C(C)C3C(=O)C/C(=C4\N[C@H](C(=O)[O-])[C@@H](C)[C@@H]4CCC(=O)[O-])C3N2)c(CC)c1C. The first-order chi connectivity index (χ1) is 20.4. The molecule has 3 unspecified atom stereocenters. The molecule has 43 heavy (non-hydrogen) atoms. The highest BCUT2D eigenvalue weighted by Gasteiger charge is 2.49. The van der Waals surface area contributed by atoms with Crippen LogP contribution >= 0.6 is 0 Å². The van der Waals surface area contributed by atoms with Gasteiger partial charge in [0.05, 0.1) is 30.0 Å². The summed E-state index contributed by atoms with van der Waals surface area (Å²) in [6, 6.07) is -1.43. The van der Waals surface area contributed by atoms with Crippen LogP contribution in [0, 0.1) is 24.7 Å². The van der Waals surface area contributed by atoms with Gasteiger partial charge in [0.25, 0.3) is 0 Å². The van der Waals surface area contributed by atoms with Crippen LogP contribution in [0.1, 0.15) is 69.5 Å². The van der Waals surface area contributed by atoms with Crippen molar-refractivity contribution in [1.82, 2.24) is 20.9 Å². The van der Waals surface area contributed by atoms with E-state index in [1.165, 1.54) is 5.56 Å². The fourth-order valence-electron chi connectivity index (χ4n) is 7.75. The number of carboxylic acids is 2. The maximum absolute atomic E-state index is 13.4. The van der Waals surface area contributed by atoms with Gasteiger partial charge in [0.15, 0.2) is 0 Å². The van der Waals surface area contributed by atoms with Gasteiger partial charge in [-0.1, -0.05) is 26.5 Å². The largest absolute Gasteiger partial charge is 0.550 e. The Balaban J connectivity index is 1.42. The zero-order valence-corrected chi connectivity index (χ0v) is 25.4. The number of nitrogens with one attached hydrogen (secondary N) is 4. The van der Waals surface area contributed by atoms with Crippen molar-refractivity contribution in [2.75, 3.05) is 0 Å². The number of ketones is 1. The third-order valence-electron chi connectivity index (χ3n) is 10.2. The highest BCUT2D eigenvalue weighted by molar-refractivity contribution is 5.97. The van der Waals surface area contributed by atoms with Crippen molar-refractivity contribution in [3.8, 4) is 0 Å². The number of carboxylic acid groups (broad SMARTS) is 2. The van der Waals surface area contributed by atoms with E-state index in [1.807, 2.05) is 13.8 Å². The number of aliphatic carboxylic acids is 2. The number of hydrogen-bond acceptors (Lipinski definition) is 8. The summed E-state index contributed by atoms with van der Waals surface area (Å²) in [4.78, 5) is 52.4. The molecule has 0 spiro atoms. The molecule has 230 valence electrons. The van der Waals surface area contributed by atoms with Crippen LogP contribution in [0.2, 0.25) is 0 Å². The minimum Gasteiger partial charge on any atom is -0.550 e. The van der Waals surface area contributed by atoms with Gasteiger partial charge in [0.2, 0.25) is 5.91 Å². The standard InChI is InChI=1S/C33H42N4O6/c1-7-18-14(3)22(12-25-19(8-2)16(5)32(41)36-25)34-24(18)13-23-17(6)28-26(38)11-21(31(28)35-23)30-20(9-10-27(39)40)15(4)29(37-30)33(42)43/h8,15,20,25,28-29,31,34-35,37H,2,7,9-13H2,1,3-6H3,(H,36,41)(H,39,40)(H,42,43)/p-2/b30-21+/t15-,20-,25?,28?,29-,31?/m0/s1. The number of allylic oxidation sites excluding steroid dienone is 2. The average Bonchev–Trinajstić information content (AvgIpc) is 3.69. The topological polar surface area (TPSA) is 166 Å². The van der Waals surface area contributed by atoms with E-state index >= 15 is 0 Å². The molecule has 2 fully saturated rings. The van der Waals surface area contributed by atoms with Crippen molar-refractivity contribution in [1.29, 1.82) is 0 Å². The molecule has 1 aromatic heterocycles. The Hall–Kier alpha value is -4.08. The van der Waals surface area contributed by atoms with Gasteiger partial charge in [-0.25, -0.2) is 0 Å². The van der Waals surface area contributed by atoms with E-state index in [9.17, 15) is 29.4 Å². The van der Waals surface area contributed by atoms with Gasteiger partial charge in [-0.3, -0.25) is 9.59 Å². The smallest absolute Gasteiger partial charge is 0.247 e. The van der Waals surface area contributed by atoms with Crippen LogP contribution in [0.3, 0.4) is 0 Å². The number of carbonyl (C=O) groups is 4. The first kappa shape index (κ1) is 30.4. The summed E-state index contributed by atoms with van der Waals surface area (Å²) in [6.45, 7) is 13.7. The Bertz CT molecular complexity index is 1510. The molecule has 4 heterocycles. The third kappa shape index (κ3) is 5.21. The summed E-state index contributed by atoms with van der Waals surface area (Å²) in [7, 11) is 0. The number of hydrogen-bond donors (Lipinski definition) is 4. The minimum atomic E-state index is -1.25. The van der Waals surface area contributed by atoms with E-state index in [1.54, 1.807) is 13.0 Å². The molecular weight excluding hydrogens is 548 g/mol. The molecule has 0 radical (unpaired) electrons. The van der Waals surface area contributed by atoms with Crippen molar-refractivity contribution in [3.63, 3.8) is 0 Å². The van der Waals surface area contributed by atoms with Crippen LogP contribution < -0.4 is 26.2 Å². The van der Waals surface area contributed by atoms with Crippen LogP contribution in [0.4, 0.5) is 0 Å².